The molecule has 0 saturated carbocycles. The van der Waals surface area contributed by atoms with E-state index in [1.54, 1.807) is 19.2 Å². The van der Waals surface area contributed by atoms with Crippen LogP contribution < -0.4 is 15.4 Å². The summed E-state index contributed by atoms with van der Waals surface area (Å²) in [6.07, 6.45) is 2.73. The molecule has 154 valence electrons. The molecule has 0 aliphatic heterocycles. The van der Waals surface area contributed by atoms with Gasteiger partial charge >= 0.3 is 6.61 Å². The molecule has 0 unspecified atom stereocenters. The summed E-state index contributed by atoms with van der Waals surface area (Å²) >= 11 is 0. The van der Waals surface area contributed by atoms with Crippen LogP contribution >= 0.6 is 0 Å². The van der Waals surface area contributed by atoms with Crippen LogP contribution in [0.5, 0.6) is 5.75 Å². The number of alkyl halides is 2. The van der Waals surface area contributed by atoms with Gasteiger partial charge in [-0.05, 0) is 31.5 Å². The number of nitrogens with zero attached hydrogens (tertiary/aromatic N) is 3. The first-order valence-electron chi connectivity index (χ1n) is 9.45. The highest BCUT2D eigenvalue weighted by Crippen LogP contribution is 2.22. The average Bonchev–Trinajstić information content (AvgIpc) is 3.12. The number of aryl methyl sites for hydroxylation is 2. The Hall–Kier alpha value is -3.16. The number of fused-ring (bicyclic) bond motifs is 1. The van der Waals surface area contributed by atoms with Crippen molar-refractivity contribution in [3.05, 3.63) is 59.9 Å². The standard InChI is InChI=1S/C21H25F2N5O/c1-15-8-9-19(29-20(22)23)16(12-15)13-26-21(24-2)25-10-5-11-28-14-27-17-6-3-4-7-18(17)28/h3-4,6-9,12,14,20H,5,10-11,13H2,1-2H3,(H2,24,25,26). The Kier molecular flexibility index (Phi) is 6.99. The third-order valence-corrected chi connectivity index (χ3v) is 4.50. The number of ether oxygens (including phenoxy) is 1. The molecule has 0 aliphatic carbocycles. The summed E-state index contributed by atoms with van der Waals surface area (Å²) in [4.78, 5) is 8.58. The lowest BCUT2D eigenvalue weighted by Crippen LogP contribution is -2.37. The van der Waals surface area contributed by atoms with Gasteiger partial charge in [0.05, 0.1) is 17.4 Å². The van der Waals surface area contributed by atoms with E-state index in [9.17, 15) is 8.78 Å². The summed E-state index contributed by atoms with van der Waals surface area (Å²) in [5.41, 5.74) is 3.72. The Balaban J connectivity index is 1.49. The second-order valence-electron chi connectivity index (χ2n) is 6.62. The monoisotopic (exact) mass is 401 g/mol. The molecule has 2 aromatic carbocycles. The third-order valence-electron chi connectivity index (χ3n) is 4.50. The minimum atomic E-state index is -2.85. The zero-order valence-corrected chi connectivity index (χ0v) is 16.5. The van der Waals surface area contributed by atoms with E-state index in [0.717, 1.165) is 29.6 Å². The molecule has 0 radical (unpaired) electrons. The van der Waals surface area contributed by atoms with E-state index in [1.807, 2.05) is 37.5 Å². The van der Waals surface area contributed by atoms with E-state index in [0.29, 0.717) is 24.6 Å². The van der Waals surface area contributed by atoms with Crippen LogP contribution in [0.2, 0.25) is 0 Å². The summed E-state index contributed by atoms with van der Waals surface area (Å²) in [5, 5.41) is 6.39. The third kappa shape index (κ3) is 5.66. The quantitative estimate of drug-likeness (QED) is 0.343. The zero-order valence-electron chi connectivity index (χ0n) is 16.5. The maximum atomic E-state index is 12.6. The van der Waals surface area contributed by atoms with Crippen molar-refractivity contribution in [1.82, 2.24) is 20.2 Å². The number of nitrogens with one attached hydrogen (secondary N) is 2. The van der Waals surface area contributed by atoms with Crippen molar-refractivity contribution in [2.75, 3.05) is 13.6 Å². The van der Waals surface area contributed by atoms with E-state index in [4.69, 9.17) is 0 Å². The second-order valence-corrected chi connectivity index (χ2v) is 6.62. The van der Waals surface area contributed by atoms with Crippen LogP contribution in [-0.2, 0) is 13.1 Å². The number of rotatable bonds is 8. The van der Waals surface area contributed by atoms with Gasteiger partial charge in [0.2, 0.25) is 0 Å². The number of aliphatic imine (C=N–C) groups is 1. The topological polar surface area (TPSA) is 63.5 Å². The number of hydrogen-bond donors (Lipinski definition) is 2. The molecule has 29 heavy (non-hydrogen) atoms. The number of imidazole rings is 1. The Morgan fingerprint density at radius 3 is 2.83 bits per heavy atom. The second kappa shape index (κ2) is 9.86. The molecule has 1 heterocycles. The van der Waals surface area contributed by atoms with Crippen LogP contribution in [0.3, 0.4) is 0 Å². The molecule has 0 fully saturated rings. The largest absolute Gasteiger partial charge is 0.434 e. The van der Waals surface area contributed by atoms with Gasteiger partial charge in [-0.3, -0.25) is 4.99 Å². The molecular weight excluding hydrogens is 376 g/mol. The van der Waals surface area contributed by atoms with Gasteiger partial charge in [0, 0.05) is 32.2 Å². The maximum absolute atomic E-state index is 12.6. The van der Waals surface area contributed by atoms with Crippen LogP contribution in [0.25, 0.3) is 11.0 Å². The molecule has 3 rings (SSSR count). The fraction of sp³-hybridized carbons (Fsp3) is 0.333. The van der Waals surface area contributed by atoms with Gasteiger partial charge in [-0.1, -0.05) is 29.8 Å². The molecule has 0 saturated heterocycles. The summed E-state index contributed by atoms with van der Waals surface area (Å²) in [6, 6.07) is 13.1. The van der Waals surface area contributed by atoms with Crippen molar-refractivity contribution < 1.29 is 13.5 Å². The van der Waals surface area contributed by atoms with Crippen LogP contribution in [0.1, 0.15) is 17.5 Å². The van der Waals surface area contributed by atoms with Crippen molar-refractivity contribution in [2.45, 2.75) is 33.0 Å². The van der Waals surface area contributed by atoms with Gasteiger partial charge < -0.3 is 19.9 Å². The Labute approximate surface area is 168 Å². The highest BCUT2D eigenvalue weighted by atomic mass is 19.3. The number of aromatic nitrogens is 2. The number of guanidine groups is 1. The van der Waals surface area contributed by atoms with Crippen LogP contribution in [0, 0.1) is 6.92 Å². The van der Waals surface area contributed by atoms with E-state index in [1.165, 1.54) is 0 Å². The smallest absolute Gasteiger partial charge is 0.387 e. The van der Waals surface area contributed by atoms with Gasteiger partial charge in [-0.15, -0.1) is 0 Å². The molecule has 3 aromatic rings. The van der Waals surface area contributed by atoms with Crippen LogP contribution in [0.4, 0.5) is 8.78 Å². The Morgan fingerprint density at radius 1 is 1.21 bits per heavy atom. The van der Waals surface area contributed by atoms with Crippen molar-refractivity contribution in [3.63, 3.8) is 0 Å². The lowest BCUT2D eigenvalue weighted by atomic mass is 10.1. The highest BCUT2D eigenvalue weighted by Gasteiger charge is 2.10. The fourth-order valence-electron chi connectivity index (χ4n) is 3.10. The molecule has 8 heteroatoms. The Morgan fingerprint density at radius 2 is 2.03 bits per heavy atom. The van der Waals surface area contributed by atoms with Crippen molar-refractivity contribution in [2.24, 2.45) is 4.99 Å². The molecular formula is C21H25F2N5O. The van der Waals surface area contributed by atoms with Gasteiger partial charge in [-0.25, -0.2) is 4.98 Å². The van der Waals surface area contributed by atoms with E-state index in [2.05, 4.69) is 36.0 Å². The van der Waals surface area contributed by atoms with E-state index < -0.39 is 6.61 Å². The van der Waals surface area contributed by atoms with Crippen molar-refractivity contribution >= 4 is 17.0 Å². The fourth-order valence-corrected chi connectivity index (χ4v) is 3.10. The molecule has 1 aromatic heterocycles. The number of benzene rings is 2. The predicted octanol–water partition coefficient (Wildman–Crippen LogP) is 3.70. The minimum absolute atomic E-state index is 0.167. The minimum Gasteiger partial charge on any atom is -0.434 e. The predicted molar refractivity (Wildman–Crippen MR) is 110 cm³/mol. The van der Waals surface area contributed by atoms with Crippen molar-refractivity contribution in [1.29, 1.82) is 0 Å². The molecule has 2 N–H and O–H groups in total. The maximum Gasteiger partial charge on any atom is 0.387 e. The summed E-state index contributed by atoms with van der Waals surface area (Å²) in [5.74, 6) is 0.769. The molecule has 0 bridgehead atoms. The van der Waals surface area contributed by atoms with Gasteiger partial charge in [0.15, 0.2) is 5.96 Å². The highest BCUT2D eigenvalue weighted by molar-refractivity contribution is 5.79. The average molecular weight is 401 g/mol. The van der Waals surface area contributed by atoms with Gasteiger partial charge in [0.1, 0.15) is 5.75 Å². The summed E-state index contributed by atoms with van der Waals surface area (Å²) < 4.78 is 31.9. The molecule has 0 aliphatic rings. The molecule has 0 spiro atoms. The SMILES string of the molecule is CN=C(NCCCn1cnc2ccccc21)NCc1cc(C)ccc1OC(F)F. The summed E-state index contributed by atoms with van der Waals surface area (Å²) in [6.45, 7) is 0.918. The lowest BCUT2D eigenvalue weighted by molar-refractivity contribution is -0.0504. The van der Waals surface area contributed by atoms with Gasteiger partial charge in [0.25, 0.3) is 0 Å². The van der Waals surface area contributed by atoms with Crippen molar-refractivity contribution in [3.8, 4) is 5.75 Å². The van der Waals surface area contributed by atoms with Gasteiger partial charge in [-0.2, -0.15) is 8.78 Å². The summed E-state index contributed by atoms with van der Waals surface area (Å²) in [7, 11) is 1.67. The first-order chi connectivity index (χ1) is 14.1. The molecule has 0 atom stereocenters. The Bertz CT molecular complexity index is 971. The first-order valence-corrected chi connectivity index (χ1v) is 9.45. The zero-order chi connectivity index (χ0) is 20.6. The van der Waals surface area contributed by atoms with Crippen LogP contribution in [-0.4, -0.2) is 35.7 Å². The number of halogens is 2. The molecule has 6 nitrogen and oxygen atoms in total. The lowest BCUT2D eigenvalue weighted by Gasteiger charge is -2.15. The molecule has 0 amide bonds. The van der Waals surface area contributed by atoms with E-state index >= 15 is 0 Å². The number of hydrogen-bond acceptors (Lipinski definition) is 3. The normalized spacial score (nSPS) is 11.8. The first kappa shape index (κ1) is 20.6. The van der Waals surface area contributed by atoms with E-state index in [-0.39, 0.29) is 5.75 Å². The van der Waals surface area contributed by atoms with Crippen LogP contribution in [0.15, 0.2) is 53.8 Å². The number of para-hydroxylation sites is 2.